The molecule has 29 heavy (non-hydrogen) atoms. The molecule has 3 heterocycles. The van der Waals surface area contributed by atoms with Gasteiger partial charge >= 0.3 is 0 Å². The van der Waals surface area contributed by atoms with Gasteiger partial charge in [-0.05, 0) is 31.4 Å². The van der Waals surface area contributed by atoms with Gasteiger partial charge in [0.2, 0.25) is 0 Å². The SMILES string of the molecule is O=c1/c(=C2/CCCCCN2)c2nc(-c3ccccc3)cn2n1-c1ccccc1.[Br-]. The highest BCUT2D eigenvalue weighted by Gasteiger charge is 2.19. The van der Waals surface area contributed by atoms with E-state index in [2.05, 4.69) is 5.32 Å². The summed E-state index contributed by atoms with van der Waals surface area (Å²) in [6.45, 7) is 0.906. The predicted octanol–water partition coefficient (Wildman–Crippen LogP) is 0.147. The van der Waals surface area contributed by atoms with E-state index in [0.717, 1.165) is 54.1 Å². The molecule has 0 bridgehead atoms. The van der Waals surface area contributed by atoms with Gasteiger partial charge in [0, 0.05) is 17.8 Å². The number of hydrogen-bond acceptors (Lipinski definition) is 3. The lowest BCUT2D eigenvalue weighted by atomic mass is 10.2. The second kappa shape index (κ2) is 8.25. The fourth-order valence-electron chi connectivity index (χ4n) is 3.96. The van der Waals surface area contributed by atoms with Gasteiger partial charge in [-0.15, -0.1) is 0 Å². The van der Waals surface area contributed by atoms with E-state index >= 15 is 0 Å². The average Bonchev–Trinajstić information content (AvgIpc) is 3.13. The van der Waals surface area contributed by atoms with Gasteiger partial charge in [-0.2, -0.15) is 0 Å². The summed E-state index contributed by atoms with van der Waals surface area (Å²) in [5.74, 6) is 0. The summed E-state index contributed by atoms with van der Waals surface area (Å²) in [6, 6.07) is 19.9. The summed E-state index contributed by atoms with van der Waals surface area (Å²) in [4.78, 5) is 18.3. The summed E-state index contributed by atoms with van der Waals surface area (Å²) in [7, 11) is 0. The second-order valence-corrected chi connectivity index (χ2v) is 7.20. The monoisotopic (exact) mass is 449 g/mol. The number of nitrogens with one attached hydrogen (secondary N) is 1. The lowest BCUT2D eigenvalue weighted by molar-refractivity contribution is -0.00000577. The molecule has 6 heteroatoms. The minimum Gasteiger partial charge on any atom is -1.00 e. The number of nitrogens with zero attached hydrogens (tertiary/aromatic N) is 3. The average molecular weight is 450 g/mol. The van der Waals surface area contributed by atoms with E-state index in [1.165, 1.54) is 6.42 Å². The molecule has 0 radical (unpaired) electrons. The minimum absolute atomic E-state index is 0. The van der Waals surface area contributed by atoms with Crippen LogP contribution in [0.25, 0.3) is 28.3 Å². The zero-order valence-corrected chi connectivity index (χ0v) is 17.6. The minimum atomic E-state index is -0.0160. The van der Waals surface area contributed by atoms with Crippen LogP contribution in [0.2, 0.25) is 0 Å². The fourth-order valence-corrected chi connectivity index (χ4v) is 3.96. The van der Waals surface area contributed by atoms with E-state index in [1.807, 2.05) is 71.4 Å². The van der Waals surface area contributed by atoms with Gasteiger partial charge in [0.05, 0.1) is 17.6 Å². The summed E-state index contributed by atoms with van der Waals surface area (Å²) in [6.07, 6.45) is 6.26. The van der Waals surface area contributed by atoms with Crippen molar-refractivity contribution in [2.24, 2.45) is 0 Å². The Bertz CT molecular complexity index is 1220. The predicted molar refractivity (Wildman–Crippen MR) is 111 cm³/mol. The Kier molecular flexibility index (Phi) is 5.53. The first-order valence-corrected chi connectivity index (χ1v) is 9.85. The molecule has 5 nitrogen and oxygen atoms in total. The molecule has 148 valence electrons. The third-order valence-corrected chi connectivity index (χ3v) is 5.35. The largest absolute Gasteiger partial charge is 1.00 e. The summed E-state index contributed by atoms with van der Waals surface area (Å²) in [5.41, 5.74) is 4.48. The number of para-hydroxylation sites is 1. The quantitative estimate of drug-likeness (QED) is 0.473. The molecule has 0 spiro atoms. The molecule has 0 atom stereocenters. The maximum absolute atomic E-state index is 13.5. The maximum atomic E-state index is 13.5. The van der Waals surface area contributed by atoms with Gasteiger partial charge in [0.25, 0.3) is 5.56 Å². The van der Waals surface area contributed by atoms with Crippen LogP contribution in [-0.4, -0.2) is 20.7 Å². The molecule has 1 aliphatic rings. The van der Waals surface area contributed by atoms with Gasteiger partial charge in [-0.1, -0.05) is 55.0 Å². The molecule has 1 saturated heterocycles. The Hall–Kier alpha value is -2.86. The smallest absolute Gasteiger partial charge is 0.283 e. The van der Waals surface area contributed by atoms with Crippen molar-refractivity contribution in [2.75, 3.05) is 6.54 Å². The van der Waals surface area contributed by atoms with Gasteiger partial charge < -0.3 is 22.3 Å². The normalized spacial score (nSPS) is 16.1. The lowest BCUT2D eigenvalue weighted by Crippen LogP contribution is -3.00. The lowest BCUT2D eigenvalue weighted by Gasteiger charge is -2.04. The second-order valence-electron chi connectivity index (χ2n) is 7.20. The topological polar surface area (TPSA) is 51.3 Å². The van der Waals surface area contributed by atoms with Gasteiger partial charge in [-0.25, -0.2) is 14.2 Å². The molecule has 1 N–H and O–H groups in total. The molecule has 0 saturated carbocycles. The Labute approximate surface area is 179 Å². The first-order chi connectivity index (χ1) is 13.8. The molecule has 1 aliphatic heterocycles. The van der Waals surface area contributed by atoms with E-state index in [0.29, 0.717) is 5.22 Å². The van der Waals surface area contributed by atoms with E-state index in [1.54, 1.807) is 4.68 Å². The summed E-state index contributed by atoms with van der Waals surface area (Å²) >= 11 is 0. The van der Waals surface area contributed by atoms with E-state index < -0.39 is 0 Å². The van der Waals surface area contributed by atoms with Crippen LogP contribution in [0.15, 0.2) is 71.7 Å². The van der Waals surface area contributed by atoms with Crippen LogP contribution in [0, 0.1) is 0 Å². The highest BCUT2D eigenvalue weighted by molar-refractivity contribution is 5.65. The molecular formula is C23H22BrN4O-. The molecule has 0 aliphatic carbocycles. The highest BCUT2D eigenvalue weighted by Crippen LogP contribution is 2.19. The maximum Gasteiger partial charge on any atom is 0.283 e. The van der Waals surface area contributed by atoms with Crippen molar-refractivity contribution in [3.8, 4) is 16.9 Å². The molecule has 0 unspecified atom stereocenters. The number of benzene rings is 2. The molecule has 5 rings (SSSR count). The van der Waals surface area contributed by atoms with Crippen LogP contribution in [-0.2, 0) is 0 Å². The van der Waals surface area contributed by atoms with Crippen molar-refractivity contribution in [2.45, 2.75) is 25.7 Å². The molecule has 4 aromatic rings. The standard InChI is InChI=1S/C23H22N4O.BrH/c28-23-21(19-14-8-3-9-15-24-19)22-25-20(17-10-4-1-5-11-17)16-26(22)27(23)18-12-6-2-7-13-18;/h1-2,4-7,10-13,16,24H,3,8-9,14-15H2;1H/p-1/b21-19-;. The van der Waals surface area contributed by atoms with Crippen LogP contribution in [0.5, 0.6) is 0 Å². The summed E-state index contributed by atoms with van der Waals surface area (Å²) in [5, 5.41) is 4.20. The Balaban J connectivity index is 0.00000205. The number of imidazole rings is 1. The molecular weight excluding hydrogens is 428 g/mol. The summed E-state index contributed by atoms with van der Waals surface area (Å²) < 4.78 is 3.62. The zero-order chi connectivity index (χ0) is 18.9. The van der Waals surface area contributed by atoms with E-state index in [-0.39, 0.29) is 22.5 Å². The van der Waals surface area contributed by atoms with Crippen molar-refractivity contribution >= 4 is 11.3 Å². The first-order valence-electron chi connectivity index (χ1n) is 9.85. The Morgan fingerprint density at radius 1 is 0.897 bits per heavy atom. The van der Waals surface area contributed by atoms with Crippen LogP contribution in [0.3, 0.4) is 0 Å². The zero-order valence-electron chi connectivity index (χ0n) is 16.0. The number of hydrogen-bond donors (Lipinski definition) is 1. The van der Waals surface area contributed by atoms with Crippen molar-refractivity contribution < 1.29 is 17.0 Å². The number of halogens is 1. The first kappa shape index (κ1) is 19.5. The Morgan fingerprint density at radius 2 is 1.62 bits per heavy atom. The number of fused-ring (bicyclic) bond motifs is 1. The van der Waals surface area contributed by atoms with Crippen LogP contribution < -0.4 is 33.1 Å². The third kappa shape index (κ3) is 3.49. The van der Waals surface area contributed by atoms with E-state index in [4.69, 9.17) is 4.98 Å². The molecule has 0 amide bonds. The van der Waals surface area contributed by atoms with Crippen molar-refractivity contribution in [1.82, 2.24) is 19.5 Å². The van der Waals surface area contributed by atoms with Crippen LogP contribution >= 0.6 is 0 Å². The highest BCUT2D eigenvalue weighted by atomic mass is 79.9. The fraction of sp³-hybridized carbons (Fsp3) is 0.217. The molecule has 2 aromatic heterocycles. The van der Waals surface area contributed by atoms with Crippen molar-refractivity contribution in [3.63, 3.8) is 0 Å². The van der Waals surface area contributed by atoms with Gasteiger partial charge in [0.15, 0.2) is 5.65 Å². The van der Waals surface area contributed by atoms with Gasteiger partial charge in [0.1, 0.15) is 5.22 Å². The van der Waals surface area contributed by atoms with Crippen molar-refractivity contribution in [1.29, 1.82) is 0 Å². The number of aromatic nitrogens is 3. The number of rotatable bonds is 2. The van der Waals surface area contributed by atoms with Gasteiger partial charge in [-0.3, -0.25) is 4.79 Å². The third-order valence-electron chi connectivity index (χ3n) is 5.35. The Morgan fingerprint density at radius 3 is 2.38 bits per heavy atom. The van der Waals surface area contributed by atoms with E-state index in [9.17, 15) is 4.79 Å². The molecule has 1 fully saturated rings. The van der Waals surface area contributed by atoms with Crippen LogP contribution in [0.4, 0.5) is 0 Å². The van der Waals surface area contributed by atoms with Crippen LogP contribution in [0.1, 0.15) is 25.7 Å². The van der Waals surface area contributed by atoms with Crippen molar-refractivity contribution in [3.05, 3.63) is 82.4 Å². The molecule has 2 aromatic carbocycles.